The molecule has 1 aliphatic carbocycles. The van der Waals surface area contributed by atoms with E-state index in [1.54, 1.807) is 29.8 Å². The van der Waals surface area contributed by atoms with Gasteiger partial charge in [-0.05, 0) is 69.4 Å². The molecule has 0 aromatic heterocycles. The Labute approximate surface area is 386 Å². The number of imide groups is 1. The van der Waals surface area contributed by atoms with Crippen molar-refractivity contribution in [2.24, 2.45) is 0 Å². The number of anilines is 1. The second-order valence-corrected chi connectivity index (χ2v) is 22.1. The van der Waals surface area contributed by atoms with Gasteiger partial charge in [-0.25, -0.2) is 4.79 Å². The highest BCUT2D eigenvalue weighted by molar-refractivity contribution is 7.86. The summed E-state index contributed by atoms with van der Waals surface area (Å²) in [4.78, 5) is 71.2. The van der Waals surface area contributed by atoms with Gasteiger partial charge >= 0.3 is 5.97 Å². The fourth-order valence-corrected chi connectivity index (χ4v) is 10.1. The van der Waals surface area contributed by atoms with Crippen molar-refractivity contribution in [3.63, 3.8) is 0 Å². The Morgan fingerprint density at radius 2 is 1.56 bits per heavy atom. The number of para-hydroxylation sites is 1. The maximum Gasteiger partial charge on any atom is 0.333 e. The number of ketones is 1. The number of rotatable bonds is 19. The molecule has 1 atom stereocenters. The van der Waals surface area contributed by atoms with Gasteiger partial charge in [0.25, 0.3) is 32.1 Å². The number of nitrogens with zero attached hydrogens (tertiary/aromatic N) is 4. The van der Waals surface area contributed by atoms with E-state index in [9.17, 15) is 49.9 Å². The number of fused-ring (bicyclic) bond motifs is 2. The first kappa shape index (κ1) is 49.9. The highest BCUT2D eigenvalue weighted by Crippen LogP contribution is 2.49. The van der Waals surface area contributed by atoms with Crippen LogP contribution in [0, 0.1) is 0 Å². The van der Waals surface area contributed by atoms with Crippen molar-refractivity contribution in [2.45, 2.75) is 94.4 Å². The number of hydrogen-bond acceptors (Lipinski definition) is 12. The molecule has 66 heavy (non-hydrogen) atoms. The van der Waals surface area contributed by atoms with Crippen molar-refractivity contribution in [3.8, 4) is 0 Å². The summed E-state index contributed by atoms with van der Waals surface area (Å²) in [5.74, 6) is -4.36. The summed E-state index contributed by atoms with van der Waals surface area (Å²) in [7, 11) is -1.22. The lowest BCUT2D eigenvalue weighted by molar-refractivity contribution is -0.870. The number of unbranched alkanes of at least 4 members (excludes halogenated alkanes) is 2. The molecule has 0 radical (unpaired) electrons. The van der Waals surface area contributed by atoms with Crippen LogP contribution in [0.5, 0.6) is 0 Å². The van der Waals surface area contributed by atoms with Crippen LogP contribution in [-0.2, 0) is 59.9 Å². The van der Waals surface area contributed by atoms with Gasteiger partial charge in [-0.15, -0.1) is 5.06 Å². The van der Waals surface area contributed by atoms with Crippen LogP contribution in [0.15, 0.2) is 82.1 Å². The van der Waals surface area contributed by atoms with E-state index in [-0.39, 0.29) is 60.4 Å². The monoisotopic (exact) mass is 952 g/mol. The third-order valence-corrected chi connectivity index (χ3v) is 14.1. The number of Topliss-reactive ketones (excluding diaryl/α,β-unsaturated/α-hetero) is 1. The number of carbonyl (C=O) groups excluding carboxylic acids is 5. The van der Waals surface area contributed by atoms with Crippen LogP contribution >= 0.6 is 0 Å². The molecule has 3 heterocycles. The van der Waals surface area contributed by atoms with Crippen molar-refractivity contribution in [1.29, 1.82) is 0 Å². The van der Waals surface area contributed by atoms with Gasteiger partial charge in [0.1, 0.15) is 18.8 Å². The second-order valence-electron chi connectivity index (χ2n) is 19.2. The van der Waals surface area contributed by atoms with Crippen molar-refractivity contribution < 1.29 is 63.8 Å². The maximum atomic E-state index is 14.6. The molecule has 2 aromatic carbocycles. The molecule has 0 spiro atoms. The standard InChI is InChI=1S/C46H58N6O12S2/c1-45(2)32-15-9-10-16-36(32)50(23-13-14-24-52(6,7)8)38(45)27-31-42(30(43(31)56)26-37-46(3,4)33-25-29(66(61,62)63)18-19-35(33)49(37)5)48-34(28-65(58,59)60)44(57)47-22-12-11-17-41(55)64-51-39(53)20-21-40(51)54/h9-10,15-16,18-19,25-27,34H,11-14,17,20-24,28H2,1-8H3,(H2-2,47,48,56,57,58,59,60,61,62,63)/p+2. The van der Waals surface area contributed by atoms with E-state index in [1.165, 1.54) is 12.1 Å². The van der Waals surface area contributed by atoms with Crippen molar-refractivity contribution in [2.75, 3.05) is 58.5 Å². The quantitative estimate of drug-likeness (QED) is 0.0394. The van der Waals surface area contributed by atoms with Gasteiger partial charge in [0.15, 0.2) is 11.5 Å². The number of hydroxylamine groups is 2. The lowest BCUT2D eigenvalue weighted by atomic mass is 9.76. The molecule has 6 rings (SSSR count). The maximum absolute atomic E-state index is 14.6. The average molecular weight is 953 g/mol. The molecule has 2 aromatic rings. The van der Waals surface area contributed by atoms with Gasteiger partial charge in [-0.3, -0.25) is 28.3 Å². The Balaban J connectivity index is 1.35. The molecule has 18 nitrogen and oxygen atoms in total. The van der Waals surface area contributed by atoms with E-state index in [2.05, 4.69) is 50.5 Å². The predicted molar refractivity (Wildman–Crippen MR) is 245 cm³/mol. The van der Waals surface area contributed by atoms with Crippen LogP contribution in [0.2, 0.25) is 0 Å². The molecule has 4 aliphatic rings. The minimum atomic E-state index is -4.80. The molecule has 0 bridgehead atoms. The Bertz CT molecular complexity index is 2710. The van der Waals surface area contributed by atoms with Gasteiger partial charge in [0.2, 0.25) is 11.6 Å². The summed E-state index contributed by atoms with van der Waals surface area (Å²) in [6.07, 6.45) is 5.27. The molecular weight excluding hydrogens is 893 g/mol. The summed E-state index contributed by atoms with van der Waals surface area (Å²) in [6.45, 7) is 9.31. The van der Waals surface area contributed by atoms with Crippen LogP contribution in [0.25, 0.3) is 0 Å². The number of benzene rings is 2. The van der Waals surface area contributed by atoms with Crippen molar-refractivity contribution in [3.05, 3.63) is 88.3 Å². The van der Waals surface area contributed by atoms with E-state index < -0.39 is 72.3 Å². The van der Waals surface area contributed by atoms with E-state index in [1.807, 2.05) is 38.1 Å². The minimum absolute atomic E-state index is 0.0366. The fourth-order valence-electron chi connectivity index (χ4n) is 8.89. The normalized spacial score (nSPS) is 19.7. The zero-order valence-electron chi connectivity index (χ0n) is 38.6. The number of allylic oxidation sites excluding steroid dienone is 5. The topological polar surface area (TPSA) is 237 Å². The molecule has 3 aliphatic heterocycles. The lowest BCUT2D eigenvalue weighted by Crippen LogP contribution is -2.50. The highest BCUT2D eigenvalue weighted by atomic mass is 32.2. The third-order valence-electron chi connectivity index (χ3n) is 12.5. The lowest BCUT2D eigenvalue weighted by Gasteiger charge is -2.32. The Morgan fingerprint density at radius 3 is 2.20 bits per heavy atom. The first-order valence-electron chi connectivity index (χ1n) is 21.8. The van der Waals surface area contributed by atoms with Gasteiger partial charge in [-0.2, -0.15) is 21.4 Å². The fraction of sp³-hybridized carbons (Fsp3) is 0.478. The third kappa shape index (κ3) is 10.7. The minimum Gasteiger partial charge on any atom is -0.372 e. The molecule has 1 unspecified atom stereocenters. The number of quaternary nitrogens is 1. The molecule has 1 fully saturated rings. The van der Waals surface area contributed by atoms with E-state index in [4.69, 9.17) is 4.84 Å². The SMILES string of the molecule is C[N+]1=C(/C=C2\C(=O)C(/C=C3/N(CCCC[N+](C)(C)C)c4ccccc4C3(C)C)=C2NC(CS(=O)(=O)O)C(=O)NCCCCC(=O)ON2C(=O)CCC2=O)C(C)(C)c2cc(S(=O)(=O)O)ccc21. The van der Waals surface area contributed by atoms with Gasteiger partial charge < -0.3 is 24.9 Å². The number of nitrogens with one attached hydrogen (secondary N) is 2. The van der Waals surface area contributed by atoms with Crippen LogP contribution in [0.4, 0.5) is 11.4 Å². The molecule has 20 heteroatoms. The number of carbonyl (C=O) groups is 5. The van der Waals surface area contributed by atoms with Gasteiger partial charge in [0, 0.05) is 72.4 Å². The Hall–Kier alpha value is -5.54. The number of amides is 3. The summed E-state index contributed by atoms with van der Waals surface area (Å²) in [5.41, 5.74) is 3.46. The largest absolute Gasteiger partial charge is 0.372 e. The molecule has 0 saturated carbocycles. The summed E-state index contributed by atoms with van der Waals surface area (Å²) in [6, 6.07) is 10.6. The first-order valence-corrected chi connectivity index (χ1v) is 24.9. The first-order chi connectivity index (χ1) is 30.6. The summed E-state index contributed by atoms with van der Waals surface area (Å²) >= 11 is 0. The Morgan fingerprint density at radius 1 is 0.894 bits per heavy atom. The van der Waals surface area contributed by atoms with E-state index in [0.29, 0.717) is 28.6 Å². The summed E-state index contributed by atoms with van der Waals surface area (Å²) < 4.78 is 71.8. The molecule has 356 valence electrons. The van der Waals surface area contributed by atoms with Gasteiger partial charge in [-0.1, -0.05) is 32.0 Å². The van der Waals surface area contributed by atoms with E-state index in [0.717, 1.165) is 40.8 Å². The van der Waals surface area contributed by atoms with Crippen LogP contribution in [0.1, 0.15) is 83.8 Å². The second kappa shape index (κ2) is 18.6. The average Bonchev–Trinajstić information content (AvgIpc) is 3.72. The zero-order valence-corrected chi connectivity index (χ0v) is 40.3. The van der Waals surface area contributed by atoms with Gasteiger partial charge in [0.05, 0.1) is 49.3 Å². The van der Waals surface area contributed by atoms with Crippen molar-refractivity contribution in [1.82, 2.24) is 15.7 Å². The molecule has 4 N–H and O–H groups in total. The number of hydrogen-bond donors (Lipinski definition) is 4. The van der Waals surface area contributed by atoms with Crippen molar-refractivity contribution >= 4 is 66.8 Å². The van der Waals surface area contributed by atoms with Crippen LogP contribution < -0.4 is 15.5 Å². The van der Waals surface area contributed by atoms with Crippen LogP contribution in [-0.4, -0.2) is 135 Å². The van der Waals surface area contributed by atoms with E-state index >= 15 is 0 Å². The smallest absolute Gasteiger partial charge is 0.333 e. The summed E-state index contributed by atoms with van der Waals surface area (Å²) in [5, 5.41) is 6.10. The van der Waals surface area contributed by atoms with Crippen LogP contribution in [0.3, 0.4) is 0 Å². The zero-order chi connectivity index (χ0) is 48.7. The predicted octanol–water partition coefficient (Wildman–Crippen LogP) is 3.61. The molecule has 3 amide bonds. The molecular formula is C46H60N6O12S2+2. The highest BCUT2D eigenvalue weighted by Gasteiger charge is 2.47. The Kier molecular flexibility index (Phi) is 14.1. The molecule has 1 saturated heterocycles.